The largest absolute Gasteiger partial charge is 0.467 e. The van der Waals surface area contributed by atoms with Gasteiger partial charge in [0, 0.05) is 0 Å². The molecule has 0 aromatic carbocycles. The van der Waals surface area contributed by atoms with E-state index in [-0.39, 0.29) is 13.2 Å². The molecule has 0 spiro atoms. The maximum absolute atomic E-state index is 10.4. The minimum absolute atomic E-state index is 0.0123. The molecular weight excluding hydrogens is 148 g/mol. The zero-order valence-corrected chi connectivity index (χ0v) is 6.45. The summed E-state index contributed by atoms with van der Waals surface area (Å²) in [7, 11) is 1.30. The van der Waals surface area contributed by atoms with E-state index >= 15 is 0 Å². The molecule has 0 fully saturated rings. The van der Waals surface area contributed by atoms with Gasteiger partial charge in [0.15, 0.2) is 0 Å². The van der Waals surface area contributed by atoms with Gasteiger partial charge in [0.1, 0.15) is 6.61 Å². The summed E-state index contributed by atoms with van der Waals surface area (Å²) in [5.41, 5.74) is 0. The smallest absolute Gasteiger partial charge is 0.331 e. The molecule has 0 heterocycles. The number of hydrogen-bond acceptors (Lipinski definition) is 4. The van der Waals surface area contributed by atoms with Crippen LogP contribution in [0.1, 0.15) is 0 Å². The van der Waals surface area contributed by atoms with Gasteiger partial charge in [-0.15, -0.1) is 0 Å². The zero-order valence-electron chi connectivity index (χ0n) is 6.45. The Morgan fingerprint density at radius 2 is 2.27 bits per heavy atom. The maximum atomic E-state index is 10.4. The Labute approximate surface area is 65.4 Å². The molecule has 11 heavy (non-hydrogen) atoms. The van der Waals surface area contributed by atoms with Crippen LogP contribution in [-0.4, -0.2) is 38.0 Å². The second kappa shape index (κ2) is 7.24. The van der Waals surface area contributed by atoms with Gasteiger partial charge >= 0.3 is 5.97 Å². The monoisotopic (exact) mass is 160 g/mol. The topological polar surface area (TPSA) is 55.8 Å². The lowest BCUT2D eigenvalue weighted by molar-refractivity contribution is -0.145. The van der Waals surface area contributed by atoms with Gasteiger partial charge in [-0.1, -0.05) is 12.2 Å². The Hall–Kier alpha value is -0.870. The summed E-state index contributed by atoms with van der Waals surface area (Å²) in [5, 5.41) is 8.29. The molecule has 0 rings (SSSR count). The zero-order chi connectivity index (χ0) is 8.53. The van der Waals surface area contributed by atoms with E-state index in [1.807, 2.05) is 0 Å². The van der Waals surface area contributed by atoms with Crippen molar-refractivity contribution in [3.05, 3.63) is 12.2 Å². The van der Waals surface area contributed by atoms with Crippen LogP contribution in [-0.2, 0) is 14.3 Å². The summed E-state index contributed by atoms with van der Waals surface area (Å²) in [6.45, 7) is 0.253. The third-order valence-electron chi connectivity index (χ3n) is 0.934. The number of carbonyl (C=O) groups is 1. The van der Waals surface area contributed by atoms with Gasteiger partial charge in [0.05, 0.1) is 20.3 Å². The number of aliphatic hydroxyl groups is 1. The molecule has 0 saturated heterocycles. The highest BCUT2D eigenvalue weighted by atomic mass is 16.6. The highest BCUT2D eigenvalue weighted by molar-refractivity contribution is 5.70. The Kier molecular flexibility index (Phi) is 6.67. The first-order valence-electron chi connectivity index (χ1n) is 3.21. The Morgan fingerprint density at radius 3 is 2.82 bits per heavy atom. The SMILES string of the molecule is COC(=O)COC/C=C\CO. The van der Waals surface area contributed by atoms with Gasteiger partial charge < -0.3 is 14.6 Å². The van der Waals surface area contributed by atoms with Crippen molar-refractivity contribution in [3.8, 4) is 0 Å². The first-order chi connectivity index (χ1) is 5.31. The third kappa shape index (κ3) is 7.02. The predicted octanol–water partition coefficient (Wildman–Crippen LogP) is -0.276. The molecule has 0 bridgehead atoms. The fourth-order valence-corrected chi connectivity index (χ4v) is 0.412. The molecule has 0 saturated carbocycles. The van der Waals surface area contributed by atoms with E-state index in [4.69, 9.17) is 9.84 Å². The maximum Gasteiger partial charge on any atom is 0.331 e. The molecular formula is C7H12O4. The van der Waals surface area contributed by atoms with Crippen LogP contribution in [0.2, 0.25) is 0 Å². The number of methoxy groups -OCH3 is 1. The number of ether oxygens (including phenoxy) is 2. The second-order valence-electron chi connectivity index (χ2n) is 1.75. The fraction of sp³-hybridized carbons (Fsp3) is 0.571. The number of esters is 1. The Morgan fingerprint density at radius 1 is 1.55 bits per heavy atom. The number of carbonyl (C=O) groups excluding carboxylic acids is 1. The van der Waals surface area contributed by atoms with Crippen molar-refractivity contribution < 1.29 is 19.4 Å². The van der Waals surface area contributed by atoms with Crippen molar-refractivity contribution >= 4 is 5.97 Å². The molecule has 0 radical (unpaired) electrons. The van der Waals surface area contributed by atoms with E-state index in [0.29, 0.717) is 6.61 Å². The third-order valence-corrected chi connectivity index (χ3v) is 0.934. The molecule has 0 aliphatic heterocycles. The van der Waals surface area contributed by atoms with Crippen LogP contribution >= 0.6 is 0 Å². The molecule has 0 aliphatic rings. The van der Waals surface area contributed by atoms with E-state index in [1.54, 1.807) is 6.08 Å². The minimum Gasteiger partial charge on any atom is -0.467 e. The normalized spacial score (nSPS) is 10.4. The highest BCUT2D eigenvalue weighted by Crippen LogP contribution is 1.79. The second-order valence-corrected chi connectivity index (χ2v) is 1.75. The van der Waals surface area contributed by atoms with Crippen molar-refractivity contribution in [1.82, 2.24) is 0 Å². The van der Waals surface area contributed by atoms with E-state index < -0.39 is 5.97 Å². The molecule has 1 N–H and O–H groups in total. The lowest BCUT2D eigenvalue weighted by Gasteiger charge is -1.97. The predicted molar refractivity (Wildman–Crippen MR) is 39.1 cm³/mol. The van der Waals surface area contributed by atoms with Gasteiger partial charge in [0.25, 0.3) is 0 Å². The van der Waals surface area contributed by atoms with Crippen LogP contribution in [0.25, 0.3) is 0 Å². The van der Waals surface area contributed by atoms with Crippen LogP contribution in [0.15, 0.2) is 12.2 Å². The van der Waals surface area contributed by atoms with Crippen molar-refractivity contribution in [2.45, 2.75) is 0 Å². The fourth-order valence-electron chi connectivity index (χ4n) is 0.412. The summed E-state index contributed by atoms with van der Waals surface area (Å²) < 4.78 is 9.14. The summed E-state index contributed by atoms with van der Waals surface area (Å²) in [6, 6.07) is 0. The molecule has 0 aliphatic carbocycles. The first kappa shape index (κ1) is 10.1. The first-order valence-corrected chi connectivity index (χ1v) is 3.21. The summed E-state index contributed by atoms with van der Waals surface area (Å²) in [5.74, 6) is -0.401. The van der Waals surface area contributed by atoms with Crippen molar-refractivity contribution in [3.63, 3.8) is 0 Å². The van der Waals surface area contributed by atoms with Crippen LogP contribution in [0.4, 0.5) is 0 Å². The van der Waals surface area contributed by atoms with Gasteiger partial charge in [0.2, 0.25) is 0 Å². The summed E-state index contributed by atoms with van der Waals surface area (Å²) in [4.78, 5) is 10.4. The lowest BCUT2D eigenvalue weighted by Crippen LogP contribution is -2.09. The van der Waals surface area contributed by atoms with E-state index in [2.05, 4.69) is 4.74 Å². The molecule has 0 unspecified atom stereocenters. The molecule has 0 atom stereocenters. The molecule has 0 aromatic rings. The molecule has 0 amide bonds. The number of hydrogen-bond donors (Lipinski definition) is 1. The molecule has 64 valence electrons. The lowest BCUT2D eigenvalue weighted by atomic mass is 10.5. The number of rotatable bonds is 5. The van der Waals surface area contributed by atoms with E-state index in [9.17, 15) is 4.79 Å². The van der Waals surface area contributed by atoms with Crippen molar-refractivity contribution in [2.75, 3.05) is 26.9 Å². The van der Waals surface area contributed by atoms with Crippen LogP contribution < -0.4 is 0 Å². The van der Waals surface area contributed by atoms with Gasteiger partial charge in [-0.25, -0.2) is 4.79 Å². The van der Waals surface area contributed by atoms with Crippen LogP contribution in [0.3, 0.4) is 0 Å². The Bertz CT molecular complexity index is 130. The van der Waals surface area contributed by atoms with E-state index in [0.717, 1.165) is 0 Å². The van der Waals surface area contributed by atoms with Crippen LogP contribution in [0, 0.1) is 0 Å². The van der Waals surface area contributed by atoms with E-state index in [1.165, 1.54) is 13.2 Å². The summed E-state index contributed by atoms with van der Waals surface area (Å²) in [6.07, 6.45) is 3.17. The van der Waals surface area contributed by atoms with Crippen molar-refractivity contribution in [1.29, 1.82) is 0 Å². The average molecular weight is 160 g/mol. The van der Waals surface area contributed by atoms with Crippen LogP contribution in [0.5, 0.6) is 0 Å². The minimum atomic E-state index is -0.401. The van der Waals surface area contributed by atoms with Gasteiger partial charge in [-0.3, -0.25) is 0 Å². The Balaban J connectivity index is 3.14. The number of aliphatic hydroxyl groups excluding tert-OH is 1. The van der Waals surface area contributed by atoms with Gasteiger partial charge in [-0.05, 0) is 0 Å². The molecule has 4 nitrogen and oxygen atoms in total. The molecule has 4 heteroatoms. The van der Waals surface area contributed by atoms with Crippen molar-refractivity contribution in [2.24, 2.45) is 0 Å². The molecule has 0 aromatic heterocycles. The standard InChI is InChI=1S/C7H12O4/c1-10-7(9)6-11-5-3-2-4-8/h2-3,8H,4-6H2,1H3/b3-2-. The quantitative estimate of drug-likeness (QED) is 0.341. The van der Waals surface area contributed by atoms with Gasteiger partial charge in [-0.2, -0.15) is 0 Å². The average Bonchev–Trinajstić information content (AvgIpc) is 2.04. The summed E-state index contributed by atoms with van der Waals surface area (Å²) >= 11 is 0. The highest BCUT2D eigenvalue weighted by Gasteiger charge is 1.96.